The van der Waals surface area contributed by atoms with Gasteiger partial charge in [0, 0.05) is 32.2 Å². The van der Waals surface area contributed by atoms with Gasteiger partial charge in [0.25, 0.3) is 0 Å². The lowest BCUT2D eigenvalue weighted by molar-refractivity contribution is -0.130. The first-order valence-electron chi connectivity index (χ1n) is 8.55. The van der Waals surface area contributed by atoms with E-state index in [0.717, 1.165) is 44.6 Å². The highest BCUT2D eigenvalue weighted by Gasteiger charge is 2.26. The third-order valence-electron chi connectivity index (χ3n) is 5.13. The van der Waals surface area contributed by atoms with Crippen molar-refractivity contribution in [2.75, 3.05) is 39.3 Å². The normalized spacial score (nSPS) is 25.9. The Bertz CT molecular complexity index is 324. The molecule has 114 valence electrons. The SMILES string of the molecule is O=C(CNCC1CC1)N1CCCN(C2CCCC2)CC1. The minimum absolute atomic E-state index is 0.305. The Morgan fingerprint density at radius 2 is 1.75 bits per heavy atom. The highest BCUT2D eigenvalue weighted by molar-refractivity contribution is 5.78. The maximum Gasteiger partial charge on any atom is 0.236 e. The molecular formula is C16H29N3O. The zero-order valence-corrected chi connectivity index (χ0v) is 12.6. The number of amides is 1. The maximum absolute atomic E-state index is 12.2. The molecule has 0 unspecified atom stereocenters. The highest BCUT2D eigenvalue weighted by Crippen LogP contribution is 2.27. The van der Waals surface area contributed by atoms with Gasteiger partial charge < -0.3 is 10.2 Å². The van der Waals surface area contributed by atoms with Crippen LogP contribution in [-0.2, 0) is 4.79 Å². The van der Waals surface area contributed by atoms with Gasteiger partial charge in [0.05, 0.1) is 6.54 Å². The third kappa shape index (κ3) is 3.95. The first-order chi connectivity index (χ1) is 9.83. The number of carbonyl (C=O) groups is 1. The van der Waals surface area contributed by atoms with Gasteiger partial charge in [-0.25, -0.2) is 0 Å². The molecule has 0 radical (unpaired) electrons. The molecule has 4 nitrogen and oxygen atoms in total. The molecule has 2 saturated carbocycles. The molecule has 3 fully saturated rings. The van der Waals surface area contributed by atoms with Gasteiger partial charge in [-0.2, -0.15) is 0 Å². The summed E-state index contributed by atoms with van der Waals surface area (Å²) in [4.78, 5) is 16.9. The fraction of sp³-hybridized carbons (Fsp3) is 0.938. The van der Waals surface area contributed by atoms with Crippen molar-refractivity contribution in [2.45, 2.75) is 51.0 Å². The van der Waals surface area contributed by atoms with Gasteiger partial charge in [-0.3, -0.25) is 9.69 Å². The Hall–Kier alpha value is -0.610. The van der Waals surface area contributed by atoms with Crippen molar-refractivity contribution in [3.05, 3.63) is 0 Å². The van der Waals surface area contributed by atoms with Crippen LogP contribution in [0.3, 0.4) is 0 Å². The van der Waals surface area contributed by atoms with Crippen LogP contribution < -0.4 is 5.32 Å². The fourth-order valence-corrected chi connectivity index (χ4v) is 3.64. The Morgan fingerprint density at radius 1 is 0.950 bits per heavy atom. The molecule has 1 N–H and O–H groups in total. The zero-order chi connectivity index (χ0) is 13.8. The number of rotatable bonds is 5. The van der Waals surface area contributed by atoms with Crippen molar-refractivity contribution in [1.82, 2.24) is 15.1 Å². The van der Waals surface area contributed by atoms with Crippen molar-refractivity contribution >= 4 is 5.91 Å². The molecule has 1 heterocycles. The van der Waals surface area contributed by atoms with E-state index < -0.39 is 0 Å². The van der Waals surface area contributed by atoms with Gasteiger partial charge in [0.2, 0.25) is 5.91 Å². The molecule has 1 saturated heterocycles. The summed E-state index contributed by atoms with van der Waals surface area (Å²) in [7, 11) is 0. The minimum Gasteiger partial charge on any atom is -0.340 e. The summed E-state index contributed by atoms with van der Waals surface area (Å²) < 4.78 is 0. The summed E-state index contributed by atoms with van der Waals surface area (Å²) in [5.41, 5.74) is 0. The monoisotopic (exact) mass is 279 g/mol. The average Bonchev–Trinajstić information content (AvgIpc) is 3.18. The summed E-state index contributed by atoms with van der Waals surface area (Å²) >= 11 is 0. The van der Waals surface area contributed by atoms with Crippen LogP contribution in [0.1, 0.15) is 44.9 Å². The van der Waals surface area contributed by atoms with Crippen LogP contribution in [0.2, 0.25) is 0 Å². The smallest absolute Gasteiger partial charge is 0.236 e. The predicted octanol–water partition coefficient (Wildman–Crippen LogP) is 1.46. The van der Waals surface area contributed by atoms with Crippen molar-refractivity contribution in [3.63, 3.8) is 0 Å². The maximum atomic E-state index is 12.2. The van der Waals surface area contributed by atoms with Gasteiger partial charge >= 0.3 is 0 Å². The van der Waals surface area contributed by atoms with E-state index in [4.69, 9.17) is 0 Å². The lowest BCUT2D eigenvalue weighted by Crippen LogP contribution is -2.41. The molecule has 3 rings (SSSR count). The van der Waals surface area contributed by atoms with E-state index >= 15 is 0 Å². The summed E-state index contributed by atoms with van der Waals surface area (Å²) in [6, 6.07) is 0.804. The molecule has 0 aromatic rings. The van der Waals surface area contributed by atoms with Crippen molar-refractivity contribution in [3.8, 4) is 0 Å². The first-order valence-corrected chi connectivity index (χ1v) is 8.55. The summed E-state index contributed by atoms with van der Waals surface area (Å²) in [5, 5.41) is 3.33. The molecule has 2 aliphatic carbocycles. The summed E-state index contributed by atoms with van der Waals surface area (Å²) in [6.07, 6.45) is 9.38. The van der Waals surface area contributed by atoms with Crippen molar-refractivity contribution in [1.29, 1.82) is 0 Å². The quantitative estimate of drug-likeness (QED) is 0.827. The van der Waals surface area contributed by atoms with Crippen LogP contribution in [0.5, 0.6) is 0 Å². The molecule has 3 aliphatic rings. The second-order valence-corrected chi connectivity index (χ2v) is 6.78. The van der Waals surface area contributed by atoms with E-state index in [1.807, 2.05) is 0 Å². The first kappa shape index (κ1) is 14.3. The second-order valence-electron chi connectivity index (χ2n) is 6.78. The Kier molecular flexibility index (Phi) is 4.94. The Morgan fingerprint density at radius 3 is 2.50 bits per heavy atom. The van der Waals surface area contributed by atoms with Crippen LogP contribution in [-0.4, -0.2) is 61.0 Å². The van der Waals surface area contributed by atoms with E-state index in [1.165, 1.54) is 45.1 Å². The zero-order valence-electron chi connectivity index (χ0n) is 12.6. The lowest BCUT2D eigenvalue weighted by atomic mass is 10.2. The summed E-state index contributed by atoms with van der Waals surface area (Å²) in [5.74, 6) is 1.16. The molecule has 20 heavy (non-hydrogen) atoms. The standard InChI is InChI=1S/C16H29N3O/c20-16(13-17-12-14-6-7-14)19-9-3-8-18(10-11-19)15-4-1-2-5-15/h14-15,17H,1-13H2. The number of nitrogens with zero attached hydrogens (tertiary/aromatic N) is 2. The molecule has 1 aliphatic heterocycles. The number of nitrogens with one attached hydrogen (secondary N) is 1. The summed E-state index contributed by atoms with van der Waals surface area (Å²) in [6.45, 7) is 5.73. The second kappa shape index (κ2) is 6.90. The van der Waals surface area contributed by atoms with Crippen LogP contribution >= 0.6 is 0 Å². The lowest BCUT2D eigenvalue weighted by Gasteiger charge is -2.27. The van der Waals surface area contributed by atoms with Crippen LogP contribution in [0.15, 0.2) is 0 Å². The Balaban J connectivity index is 1.40. The number of carbonyl (C=O) groups excluding carboxylic acids is 1. The molecule has 4 heteroatoms. The molecule has 0 bridgehead atoms. The molecule has 0 atom stereocenters. The third-order valence-corrected chi connectivity index (χ3v) is 5.13. The van der Waals surface area contributed by atoms with Gasteiger partial charge in [0.15, 0.2) is 0 Å². The van der Waals surface area contributed by atoms with E-state index in [-0.39, 0.29) is 0 Å². The van der Waals surface area contributed by atoms with Crippen molar-refractivity contribution < 1.29 is 4.79 Å². The Labute approximate surface area is 122 Å². The number of hydrogen-bond acceptors (Lipinski definition) is 3. The minimum atomic E-state index is 0.305. The van der Waals surface area contributed by atoms with Crippen LogP contribution in [0.4, 0.5) is 0 Å². The largest absolute Gasteiger partial charge is 0.340 e. The van der Waals surface area contributed by atoms with E-state index in [2.05, 4.69) is 15.1 Å². The van der Waals surface area contributed by atoms with E-state index in [9.17, 15) is 4.79 Å². The molecule has 0 aromatic heterocycles. The van der Waals surface area contributed by atoms with Crippen LogP contribution in [0, 0.1) is 5.92 Å². The molecule has 1 amide bonds. The fourth-order valence-electron chi connectivity index (χ4n) is 3.64. The topological polar surface area (TPSA) is 35.6 Å². The predicted molar refractivity (Wildman–Crippen MR) is 80.6 cm³/mol. The van der Waals surface area contributed by atoms with Crippen molar-refractivity contribution in [2.24, 2.45) is 5.92 Å². The number of hydrogen-bond donors (Lipinski definition) is 1. The molecular weight excluding hydrogens is 250 g/mol. The molecule has 0 spiro atoms. The van der Waals surface area contributed by atoms with Gasteiger partial charge in [-0.05, 0) is 44.6 Å². The highest BCUT2D eigenvalue weighted by atomic mass is 16.2. The van der Waals surface area contributed by atoms with Gasteiger partial charge in [-0.1, -0.05) is 12.8 Å². The van der Waals surface area contributed by atoms with E-state index in [1.54, 1.807) is 0 Å². The van der Waals surface area contributed by atoms with Crippen LogP contribution in [0.25, 0.3) is 0 Å². The average molecular weight is 279 g/mol. The molecule has 0 aromatic carbocycles. The van der Waals surface area contributed by atoms with Gasteiger partial charge in [0.1, 0.15) is 0 Å². The van der Waals surface area contributed by atoms with E-state index in [0.29, 0.717) is 12.5 Å². The van der Waals surface area contributed by atoms with Gasteiger partial charge in [-0.15, -0.1) is 0 Å².